The van der Waals surface area contributed by atoms with Gasteiger partial charge in [-0.05, 0) is 23.3 Å². The van der Waals surface area contributed by atoms with E-state index in [9.17, 15) is 9.59 Å². The van der Waals surface area contributed by atoms with Crippen LogP contribution in [0.15, 0.2) is 54.6 Å². The Morgan fingerprint density at radius 2 is 1.75 bits per heavy atom. The molecular weight excluding hydrogens is 354 g/mol. The Balaban J connectivity index is 1.56. The second kappa shape index (κ2) is 7.54. The molecule has 6 nitrogen and oxygen atoms in total. The first-order valence-electron chi connectivity index (χ1n) is 9.56. The number of likely N-dealkylation sites (N-methyl/N-ethyl adjacent to an activating group) is 1. The van der Waals surface area contributed by atoms with E-state index in [4.69, 9.17) is 4.74 Å². The van der Waals surface area contributed by atoms with Crippen molar-refractivity contribution in [1.29, 1.82) is 0 Å². The Hall–Kier alpha value is -3.02. The van der Waals surface area contributed by atoms with Crippen LogP contribution in [0.25, 0.3) is 0 Å². The molecule has 0 saturated carbocycles. The lowest BCUT2D eigenvalue weighted by Gasteiger charge is -2.40. The Labute approximate surface area is 165 Å². The zero-order valence-corrected chi connectivity index (χ0v) is 16.2. The second-order valence-electron chi connectivity index (χ2n) is 7.50. The zero-order valence-electron chi connectivity index (χ0n) is 16.2. The van der Waals surface area contributed by atoms with Gasteiger partial charge in [-0.2, -0.15) is 0 Å². The summed E-state index contributed by atoms with van der Waals surface area (Å²) < 4.78 is 5.29. The fourth-order valence-electron chi connectivity index (χ4n) is 4.20. The first-order valence-corrected chi connectivity index (χ1v) is 9.56. The van der Waals surface area contributed by atoms with E-state index in [0.29, 0.717) is 26.1 Å². The van der Waals surface area contributed by atoms with Gasteiger partial charge in [0.2, 0.25) is 5.91 Å². The number of urea groups is 1. The molecule has 6 heteroatoms. The van der Waals surface area contributed by atoms with E-state index in [1.54, 1.807) is 16.9 Å². The van der Waals surface area contributed by atoms with Crippen molar-refractivity contribution in [1.82, 2.24) is 14.7 Å². The molecule has 146 valence electrons. The van der Waals surface area contributed by atoms with Gasteiger partial charge in [0, 0.05) is 33.1 Å². The van der Waals surface area contributed by atoms with E-state index in [-0.39, 0.29) is 18.0 Å². The minimum atomic E-state index is -0.450. The van der Waals surface area contributed by atoms with Gasteiger partial charge in [-0.3, -0.25) is 4.79 Å². The van der Waals surface area contributed by atoms with Crippen molar-refractivity contribution in [3.05, 3.63) is 65.7 Å². The van der Waals surface area contributed by atoms with Gasteiger partial charge in [-0.15, -0.1) is 0 Å². The fourth-order valence-corrected chi connectivity index (χ4v) is 4.20. The zero-order chi connectivity index (χ0) is 19.7. The number of carbonyl (C=O) groups is 2. The average Bonchev–Trinajstić information content (AvgIpc) is 3.01. The van der Waals surface area contributed by atoms with E-state index in [1.807, 2.05) is 66.5 Å². The van der Waals surface area contributed by atoms with Crippen molar-refractivity contribution in [2.75, 3.05) is 27.2 Å². The standard InChI is InChI=1S/C22H25N3O3/c1-23-14-18-15-24(13-17-9-6-10-19(11-17)28-2)22(27)25(18)20(21(23)26)12-16-7-4-3-5-8-16/h3-11,18,20H,12-15H2,1-2H3/t18-,20+/m1/s1. The number of hydrogen-bond donors (Lipinski definition) is 0. The summed E-state index contributed by atoms with van der Waals surface area (Å²) in [6.45, 7) is 1.71. The SMILES string of the molecule is COc1cccc(CN2C[C@H]3CN(C)C(=O)[C@H](Cc4ccccc4)N3C2=O)c1. The molecule has 0 aliphatic carbocycles. The maximum absolute atomic E-state index is 13.2. The molecular formula is C22H25N3O3. The van der Waals surface area contributed by atoms with E-state index >= 15 is 0 Å². The minimum absolute atomic E-state index is 0.0108. The summed E-state index contributed by atoms with van der Waals surface area (Å²) in [4.78, 5) is 31.5. The highest BCUT2D eigenvalue weighted by Crippen LogP contribution is 2.28. The van der Waals surface area contributed by atoms with Crippen LogP contribution in [0.1, 0.15) is 11.1 Å². The lowest BCUT2D eigenvalue weighted by Crippen LogP contribution is -2.60. The molecule has 0 spiro atoms. The van der Waals surface area contributed by atoms with E-state index in [0.717, 1.165) is 16.9 Å². The van der Waals surface area contributed by atoms with Crippen LogP contribution in [0.3, 0.4) is 0 Å². The molecule has 2 aromatic rings. The molecule has 0 N–H and O–H groups in total. The van der Waals surface area contributed by atoms with Gasteiger partial charge in [0.15, 0.2) is 0 Å². The topological polar surface area (TPSA) is 53.1 Å². The van der Waals surface area contributed by atoms with Gasteiger partial charge in [-0.1, -0.05) is 42.5 Å². The van der Waals surface area contributed by atoms with Gasteiger partial charge in [-0.25, -0.2) is 4.79 Å². The van der Waals surface area contributed by atoms with E-state index < -0.39 is 6.04 Å². The molecule has 2 aromatic carbocycles. The summed E-state index contributed by atoms with van der Waals surface area (Å²) in [5, 5.41) is 0. The lowest BCUT2D eigenvalue weighted by atomic mass is 9.99. The van der Waals surface area contributed by atoms with Crippen molar-refractivity contribution in [2.45, 2.75) is 25.0 Å². The van der Waals surface area contributed by atoms with Crippen molar-refractivity contribution >= 4 is 11.9 Å². The number of ether oxygens (including phenoxy) is 1. The Morgan fingerprint density at radius 1 is 1.00 bits per heavy atom. The smallest absolute Gasteiger partial charge is 0.321 e. The summed E-state index contributed by atoms with van der Waals surface area (Å²) in [6, 6.07) is 17.2. The normalized spacial score (nSPS) is 21.9. The molecule has 4 rings (SSSR count). The molecule has 28 heavy (non-hydrogen) atoms. The summed E-state index contributed by atoms with van der Waals surface area (Å²) >= 11 is 0. The van der Waals surface area contributed by atoms with Crippen LogP contribution in [-0.2, 0) is 17.8 Å². The molecule has 2 atom stereocenters. The number of amides is 3. The van der Waals surface area contributed by atoms with Crippen LogP contribution >= 0.6 is 0 Å². The number of hydrogen-bond acceptors (Lipinski definition) is 3. The van der Waals surface area contributed by atoms with Crippen molar-refractivity contribution in [2.24, 2.45) is 0 Å². The van der Waals surface area contributed by atoms with Crippen LogP contribution in [0, 0.1) is 0 Å². The highest BCUT2D eigenvalue weighted by Gasteiger charge is 2.48. The van der Waals surface area contributed by atoms with Crippen LogP contribution in [-0.4, -0.2) is 66.0 Å². The molecule has 0 aromatic heterocycles. The van der Waals surface area contributed by atoms with Crippen molar-refractivity contribution in [3.8, 4) is 5.75 Å². The highest BCUT2D eigenvalue weighted by atomic mass is 16.5. The van der Waals surface area contributed by atoms with Crippen molar-refractivity contribution < 1.29 is 14.3 Å². The Bertz CT molecular complexity index is 870. The number of piperazine rings is 1. The maximum atomic E-state index is 13.2. The number of fused-ring (bicyclic) bond motifs is 1. The third-order valence-electron chi connectivity index (χ3n) is 5.58. The number of rotatable bonds is 5. The first-order chi connectivity index (χ1) is 13.6. The van der Waals surface area contributed by atoms with Crippen LogP contribution in [0.5, 0.6) is 5.75 Å². The summed E-state index contributed by atoms with van der Waals surface area (Å²) in [5.41, 5.74) is 2.08. The van der Waals surface area contributed by atoms with Gasteiger partial charge < -0.3 is 19.4 Å². The first kappa shape index (κ1) is 18.3. The molecule has 2 saturated heterocycles. The van der Waals surface area contributed by atoms with Gasteiger partial charge >= 0.3 is 6.03 Å². The van der Waals surface area contributed by atoms with Crippen LogP contribution in [0.2, 0.25) is 0 Å². The lowest BCUT2D eigenvalue weighted by molar-refractivity contribution is -0.139. The van der Waals surface area contributed by atoms with Crippen LogP contribution in [0.4, 0.5) is 4.79 Å². The molecule has 2 heterocycles. The summed E-state index contributed by atoms with van der Waals surface area (Å²) in [7, 11) is 3.46. The molecule has 0 radical (unpaired) electrons. The fraction of sp³-hybridized carbons (Fsp3) is 0.364. The molecule has 3 amide bonds. The molecule has 0 bridgehead atoms. The van der Waals surface area contributed by atoms with Gasteiger partial charge in [0.05, 0.1) is 13.2 Å². The van der Waals surface area contributed by atoms with E-state index in [1.165, 1.54) is 0 Å². The van der Waals surface area contributed by atoms with Gasteiger partial charge in [0.25, 0.3) is 0 Å². The number of methoxy groups -OCH3 is 1. The molecule has 2 aliphatic heterocycles. The highest BCUT2D eigenvalue weighted by molar-refractivity contribution is 5.90. The maximum Gasteiger partial charge on any atom is 0.321 e. The largest absolute Gasteiger partial charge is 0.497 e. The monoisotopic (exact) mass is 379 g/mol. The quantitative estimate of drug-likeness (QED) is 0.802. The number of benzene rings is 2. The van der Waals surface area contributed by atoms with Crippen molar-refractivity contribution in [3.63, 3.8) is 0 Å². The van der Waals surface area contributed by atoms with E-state index in [2.05, 4.69) is 0 Å². The minimum Gasteiger partial charge on any atom is -0.497 e. The third kappa shape index (κ3) is 3.42. The predicted molar refractivity (Wildman–Crippen MR) is 106 cm³/mol. The Kier molecular flexibility index (Phi) is 4.94. The second-order valence-corrected chi connectivity index (χ2v) is 7.50. The van der Waals surface area contributed by atoms with Crippen LogP contribution < -0.4 is 4.74 Å². The average molecular weight is 379 g/mol. The Morgan fingerprint density at radius 3 is 2.50 bits per heavy atom. The third-order valence-corrected chi connectivity index (χ3v) is 5.58. The number of nitrogens with zero attached hydrogens (tertiary/aromatic N) is 3. The summed E-state index contributed by atoms with van der Waals surface area (Å²) in [5.74, 6) is 0.787. The summed E-state index contributed by atoms with van der Waals surface area (Å²) in [6.07, 6.45) is 0.541. The predicted octanol–water partition coefficient (Wildman–Crippen LogP) is 2.38. The van der Waals surface area contributed by atoms with Gasteiger partial charge in [0.1, 0.15) is 11.8 Å². The molecule has 2 fully saturated rings. The molecule has 0 unspecified atom stereocenters. The molecule has 2 aliphatic rings. The number of carbonyl (C=O) groups excluding carboxylic acids is 2.